The number of H-pyrrole nitrogens is 1. The number of aromatic amines is 1. The zero-order valence-corrected chi connectivity index (χ0v) is 14.9. The van der Waals surface area contributed by atoms with Gasteiger partial charge in [-0.1, -0.05) is 30.3 Å². The molecule has 1 N–H and O–H groups in total. The molecule has 1 aliphatic heterocycles. The predicted octanol–water partition coefficient (Wildman–Crippen LogP) is 3.21. The third kappa shape index (κ3) is 3.93. The van der Waals surface area contributed by atoms with Gasteiger partial charge in [-0.3, -0.25) is 9.89 Å². The van der Waals surface area contributed by atoms with Gasteiger partial charge in [-0.15, -0.1) is 0 Å². The molecule has 2 aromatic rings. The predicted molar refractivity (Wildman–Crippen MR) is 96.3 cm³/mol. The number of aryl methyl sites for hydroxylation is 1. The molecule has 1 amide bonds. The van der Waals surface area contributed by atoms with E-state index < -0.39 is 0 Å². The molecular weight excluding hydrogens is 320 g/mol. The lowest BCUT2D eigenvalue weighted by Crippen LogP contribution is -2.38. The molecule has 0 unspecified atom stereocenters. The second-order valence-electron chi connectivity index (χ2n) is 6.44. The molecule has 3 rings (SSSR count). The SMILES string of the molecule is Cn1c(C2CCN(C(=O)CCCc3ccccc3)CC2)n[nH]c1=S. The van der Waals surface area contributed by atoms with Crippen LogP contribution >= 0.6 is 12.2 Å². The van der Waals surface area contributed by atoms with Crippen molar-refractivity contribution in [1.29, 1.82) is 0 Å². The van der Waals surface area contributed by atoms with Gasteiger partial charge in [-0.25, -0.2) is 0 Å². The number of benzene rings is 1. The number of carbonyl (C=O) groups excluding carboxylic acids is 1. The molecule has 1 aromatic carbocycles. The van der Waals surface area contributed by atoms with Gasteiger partial charge in [0.25, 0.3) is 0 Å². The molecular formula is C18H24N4OS. The highest BCUT2D eigenvalue weighted by molar-refractivity contribution is 7.71. The number of aromatic nitrogens is 3. The van der Waals surface area contributed by atoms with Crippen LogP contribution in [0.2, 0.25) is 0 Å². The fraction of sp³-hybridized carbons (Fsp3) is 0.500. The number of hydrogen-bond acceptors (Lipinski definition) is 3. The lowest BCUT2D eigenvalue weighted by molar-refractivity contribution is -0.132. The van der Waals surface area contributed by atoms with Crippen LogP contribution in [0, 0.1) is 4.77 Å². The number of likely N-dealkylation sites (tertiary alicyclic amines) is 1. The van der Waals surface area contributed by atoms with Gasteiger partial charge in [0.15, 0.2) is 4.77 Å². The zero-order valence-electron chi connectivity index (χ0n) is 14.1. The van der Waals surface area contributed by atoms with Gasteiger partial charge in [0, 0.05) is 32.5 Å². The van der Waals surface area contributed by atoms with Crippen LogP contribution in [-0.2, 0) is 18.3 Å². The summed E-state index contributed by atoms with van der Waals surface area (Å²) in [7, 11) is 1.95. The average Bonchev–Trinajstić information content (AvgIpc) is 2.95. The number of rotatable bonds is 5. The zero-order chi connectivity index (χ0) is 16.9. The first kappa shape index (κ1) is 16.9. The van der Waals surface area contributed by atoms with E-state index in [1.165, 1.54) is 5.56 Å². The fourth-order valence-electron chi connectivity index (χ4n) is 3.36. The summed E-state index contributed by atoms with van der Waals surface area (Å²) in [5.41, 5.74) is 1.30. The van der Waals surface area contributed by atoms with Crippen molar-refractivity contribution in [3.63, 3.8) is 0 Å². The van der Waals surface area contributed by atoms with Gasteiger partial charge < -0.3 is 9.47 Å². The summed E-state index contributed by atoms with van der Waals surface area (Å²) in [6.07, 6.45) is 4.42. The number of nitrogens with zero attached hydrogens (tertiary/aromatic N) is 3. The molecule has 0 radical (unpaired) electrons. The van der Waals surface area contributed by atoms with E-state index in [0.717, 1.165) is 44.6 Å². The first-order valence-electron chi connectivity index (χ1n) is 8.58. The minimum absolute atomic E-state index is 0.278. The maximum Gasteiger partial charge on any atom is 0.222 e. The van der Waals surface area contributed by atoms with Crippen LogP contribution in [-0.4, -0.2) is 38.7 Å². The average molecular weight is 344 g/mol. The number of amides is 1. The molecule has 1 aliphatic rings. The van der Waals surface area contributed by atoms with Crippen molar-refractivity contribution >= 4 is 18.1 Å². The van der Waals surface area contributed by atoms with Gasteiger partial charge >= 0.3 is 0 Å². The maximum atomic E-state index is 12.4. The third-order valence-corrected chi connectivity index (χ3v) is 5.19. The minimum Gasteiger partial charge on any atom is -0.343 e. The maximum absolute atomic E-state index is 12.4. The van der Waals surface area contributed by atoms with E-state index in [1.807, 2.05) is 34.7 Å². The highest BCUT2D eigenvalue weighted by Crippen LogP contribution is 2.26. The first-order valence-corrected chi connectivity index (χ1v) is 8.99. The second kappa shape index (κ2) is 7.75. The Labute approximate surface area is 147 Å². The number of carbonyl (C=O) groups is 1. The third-order valence-electron chi connectivity index (χ3n) is 4.83. The van der Waals surface area contributed by atoms with E-state index in [9.17, 15) is 4.79 Å². The molecule has 0 atom stereocenters. The molecule has 24 heavy (non-hydrogen) atoms. The Morgan fingerprint density at radius 2 is 2.00 bits per heavy atom. The van der Waals surface area contributed by atoms with E-state index in [1.54, 1.807) is 0 Å². The van der Waals surface area contributed by atoms with Crippen molar-refractivity contribution in [3.8, 4) is 0 Å². The van der Waals surface area contributed by atoms with Crippen molar-refractivity contribution in [2.45, 2.75) is 38.0 Å². The molecule has 2 heterocycles. The summed E-state index contributed by atoms with van der Waals surface area (Å²) in [5, 5.41) is 7.18. The molecule has 1 saturated heterocycles. The van der Waals surface area contributed by atoms with Gasteiger partial charge in [0.05, 0.1) is 0 Å². The Hall–Kier alpha value is -1.95. The van der Waals surface area contributed by atoms with Crippen LogP contribution in [0.3, 0.4) is 0 Å². The monoisotopic (exact) mass is 344 g/mol. The smallest absolute Gasteiger partial charge is 0.222 e. The normalized spacial score (nSPS) is 15.6. The lowest BCUT2D eigenvalue weighted by atomic mass is 9.95. The van der Waals surface area contributed by atoms with Crippen LogP contribution in [0.5, 0.6) is 0 Å². The Balaban J connectivity index is 1.45. The molecule has 128 valence electrons. The topological polar surface area (TPSA) is 53.9 Å². The summed E-state index contributed by atoms with van der Waals surface area (Å²) in [6.45, 7) is 1.63. The van der Waals surface area contributed by atoms with Crippen molar-refractivity contribution in [2.24, 2.45) is 7.05 Å². The molecule has 6 heteroatoms. The largest absolute Gasteiger partial charge is 0.343 e. The molecule has 0 bridgehead atoms. The van der Waals surface area contributed by atoms with E-state index >= 15 is 0 Å². The summed E-state index contributed by atoms with van der Waals surface area (Å²) in [5.74, 6) is 1.67. The van der Waals surface area contributed by atoms with Gasteiger partial charge in [-0.05, 0) is 43.5 Å². The van der Waals surface area contributed by atoms with Crippen molar-refractivity contribution in [1.82, 2.24) is 19.7 Å². The Morgan fingerprint density at radius 1 is 1.29 bits per heavy atom. The number of hydrogen-bond donors (Lipinski definition) is 1. The first-order chi connectivity index (χ1) is 11.6. The van der Waals surface area contributed by atoms with Crippen molar-refractivity contribution in [2.75, 3.05) is 13.1 Å². The van der Waals surface area contributed by atoms with Crippen LogP contribution < -0.4 is 0 Å². The van der Waals surface area contributed by atoms with E-state index in [2.05, 4.69) is 22.3 Å². The highest BCUT2D eigenvalue weighted by Gasteiger charge is 2.26. The molecule has 0 saturated carbocycles. The molecule has 1 aromatic heterocycles. The van der Waals surface area contributed by atoms with E-state index in [0.29, 0.717) is 17.1 Å². The van der Waals surface area contributed by atoms with Gasteiger partial charge in [0.1, 0.15) is 5.82 Å². The number of piperidine rings is 1. The van der Waals surface area contributed by atoms with Crippen molar-refractivity contribution in [3.05, 3.63) is 46.5 Å². The standard InChI is InChI=1S/C18H24N4OS/c1-21-17(19-20-18(21)24)15-10-12-22(13-11-15)16(23)9-5-8-14-6-3-2-4-7-14/h2-4,6-7,15H,5,8-13H2,1H3,(H,20,24). The van der Waals surface area contributed by atoms with Crippen molar-refractivity contribution < 1.29 is 4.79 Å². The molecule has 0 aliphatic carbocycles. The highest BCUT2D eigenvalue weighted by atomic mass is 32.1. The summed E-state index contributed by atoms with van der Waals surface area (Å²) < 4.78 is 2.60. The molecule has 1 fully saturated rings. The fourth-order valence-corrected chi connectivity index (χ4v) is 3.50. The summed E-state index contributed by atoms with van der Waals surface area (Å²) in [6, 6.07) is 10.4. The Kier molecular flexibility index (Phi) is 5.45. The van der Waals surface area contributed by atoms with Crippen LogP contribution in [0.15, 0.2) is 30.3 Å². The molecule has 5 nitrogen and oxygen atoms in total. The quantitative estimate of drug-likeness (QED) is 0.848. The van der Waals surface area contributed by atoms with Crippen LogP contribution in [0.4, 0.5) is 0 Å². The Bertz CT molecular complexity index is 729. The van der Waals surface area contributed by atoms with Crippen LogP contribution in [0.25, 0.3) is 0 Å². The second-order valence-corrected chi connectivity index (χ2v) is 6.83. The van der Waals surface area contributed by atoms with E-state index in [-0.39, 0.29) is 5.91 Å². The summed E-state index contributed by atoms with van der Waals surface area (Å²) >= 11 is 5.18. The van der Waals surface area contributed by atoms with Gasteiger partial charge in [0.2, 0.25) is 5.91 Å². The van der Waals surface area contributed by atoms with Gasteiger partial charge in [-0.2, -0.15) is 5.10 Å². The number of nitrogens with one attached hydrogen (secondary N) is 1. The Morgan fingerprint density at radius 3 is 2.62 bits per heavy atom. The summed E-state index contributed by atoms with van der Waals surface area (Å²) in [4.78, 5) is 14.4. The van der Waals surface area contributed by atoms with E-state index in [4.69, 9.17) is 12.2 Å². The minimum atomic E-state index is 0.278. The van der Waals surface area contributed by atoms with Crippen LogP contribution in [0.1, 0.15) is 43.0 Å². The lowest BCUT2D eigenvalue weighted by Gasteiger charge is -2.31. The molecule has 0 spiro atoms.